The smallest absolute Gasteiger partial charge is 0.183 e. The molecule has 0 unspecified atom stereocenters. The van der Waals surface area contributed by atoms with Crippen LogP contribution in [0.3, 0.4) is 0 Å². The summed E-state index contributed by atoms with van der Waals surface area (Å²) in [5.74, 6) is 1.59. The molecule has 0 bridgehead atoms. The molecule has 0 saturated heterocycles. The van der Waals surface area contributed by atoms with Gasteiger partial charge in [0.15, 0.2) is 5.13 Å². The molecule has 6 heteroatoms. The normalized spacial score (nSPS) is 13.7. The van der Waals surface area contributed by atoms with Crippen molar-refractivity contribution in [3.63, 3.8) is 0 Å². The highest BCUT2D eigenvalue weighted by molar-refractivity contribution is 7.13. The molecule has 0 amide bonds. The minimum Gasteiger partial charge on any atom is -0.497 e. The van der Waals surface area contributed by atoms with Crippen LogP contribution >= 0.6 is 11.3 Å². The Hall–Kier alpha value is -2.34. The van der Waals surface area contributed by atoms with Gasteiger partial charge in [-0.1, -0.05) is 0 Å². The first kappa shape index (κ1) is 16.5. The number of nitrogens with one attached hydrogen (secondary N) is 1. The summed E-state index contributed by atoms with van der Waals surface area (Å²) < 4.78 is 10.9. The third-order valence-corrected chi connectivity index (χ3v) is 4.41. The molecule has 1 N–H and O–H groups in total. The van der Waals surface area contributed by atoms with E-state index in [1.165, 1.54) is 0 Å². The van der Waals surface area contributed by atoms with Gasteiger partial charge in [0.05, 0.1) is 31.3 Å². The zero-order valence-electron chi connectivity index (χ0n) is 14.3. The first-order chi connectivity index (χ1) is 11.6. The standard InChI is InChI=1S/C18H21N3O2S/c1-11(2)19-18-21-16(10-24-18)14-7-8-17(23-4)13-6-5-12(22-3)9-15(13)20-14/h5-6,8-11H,7H2,1-4H3,(H,19,21). The van der Waals surface area contributed by atoms with E-state index in [-0.39, 0.29) is 0 Å². The summed E-state index contributed by atoms with van der Waals surface area (Å²) in [6.07, 6.45) is 2.72. The van der Waals surface area contributed by atoms with Gasteiger partial charge in [0, 0.05) is 29.5 Å². The molecule has 1 aliphatic rings. The summed E-state index contributed by atoms with van der Waals surface area (Å²) >= 11 is 1.59. The molecule has 0 aliphatic carbocycles. The molecule has 0 radical (unpaired) electrons. The Morgan fingerprint density at radius 3 is 2.75 bits per heavy atom. The number of methoxy groups -OCH3 is 2. The van der Waals surface area contributed by atoms with Crippen LogP contribution in [0.1, 0.15) is 31.5 Å². The van der Waals surface area contributed by atoms with Crippen molar-refractivity contribution < 1.29 is 9.47 Å². The maximum Gasteiger partial charge on any atom is 0.183 e. The van der Waals surface area contributed by atoms with Gasteiger partial charge in [-0.25, -0.2) is 9.98 Å². The second kappa shape index (κ2) is 7.05. The van der Waals surface area contributed by atoms with Crippen molar-refractivity contribution in [2.45, 2.75) is 26.3 Å². The third kappa shape index (κ3) is 3.43. The number of ether oxygens (including phenoxy) is 2. The van der Waals surface area contributed by atoms with Crippen LogP contribution in [0, 0.1) is 0 Å². The van der Waals surface area contributed by atoms with E-state index in [0.717, 1.165) is 39.3 Å². The van der Waals surface area contributed by atoms with Crippen LogP contribution in [-0.2, 0) is 4.74 Å². The molecule has 2 aromatic rings. The number of aliphatic imine (C=N–C) groups is 1. The van der Waals surface area contributed by atoms with Crippen molar-refractivity contribution in [3.8, 4) is 5.75 Å². The van der Waals surface area contributed by atoms with Gasteiger partial charge in [0.2, 0.25) is 0 Å². The van der Waals surface area contributed by atoms with Gasteiger partial charge in [0.1, 0.15) is 11.5 Å². The third-order valence-electron chi connectivity index (χ3n) is 3.64. The number of rotatable bonds is 5. The fourth-order valence-electron chi connectivity index (χ4n) is 2.50. The Balaban J connectivity index is 2.01. The number of nitrogens with zero attached hydrogens (tertiary/aromatic N) is 2. The highest BCUT2D eigenvalue weighted by Crippen LogP contribution is 2.34. The fraction of sp³-hybridized carbons (Fsp3) is 0.333. The molecule has 1 aliphatic heterocycles. The summed E-state index contributed by atoms with van der Waals surface area (Å²) in [7, 11) is 3.33. The zero-order chi connectivity index (χ0) is 17.1. The van der Waals surface area contributed by atoms with E-state index in [1.807, 2.05) is 29.7 Å². The van der Waals surface area contributed by atoms with E-state index in [1.54, 1.807) is 25.6 Å². The second-order valence-corrected chi connectivity index (χ2v) is 6.61. The molecule has 1 aromatic heterocycles. The Morgan fingerprint density at radius 2 is 2.04 bits per heavy atom. The number of aromatic nitrogens is 1. The molecule has 0 fully saturated rings. The van der Waals surface area contributed by atoms with Crippen LogP contribution in [-0.4, -0.2) is 31.0 Å². The highest BCUT2D eigenvalue weighted by Gasteiger charge is 2.17. The largest absolute Gasteiger partial charge is 0.497 e. The SMILES string of the molecule is COC1=CCC(c2csc(NC(C)C)n2)=Nc2cc(OC)ccc21. The summed E-state index contributed by atoms with van der Waals surface area (Å²) in [5, 5.41) is 6.28. The quantitative estimate of drug-likeness (QED) is 0.869. The number of fused-ring (bicyclic) bond motifs is 1. The summed E-state index contributed by atoms with van der Waals surface area (Å²) in [6, 6.07) is 6.17. The van der Waals surface area contributed by atoms with Crippen LogP contribution < -0.4 is 10.1 Å². The molecule has 24 heavy (non-hydrogen) atoms. The van der Waals surface area contributed by atoms with Gasteiger partial charge < -0.3 is 14.8 Å². The van der Waals surface area contributed by atoms with Gasteiger partial charge in [-0.2, -0.15) is 0 Å². The maximum atomic E-state index is 5.53. The molecule has 126 valence electrons. The van der Waals surface area contributed by atoms with Crippen LogP contribution in [0.15, 0.2) is 34.6 Å². The lowest BCUT2D eigenvalue weighted by Gasteiger charge is -2.09. The highest BCUT2D eigenvalue weighted by atomic mass is 32.1. The van der Waals surface area contributed by atoms with Crippen LogP contribution in [0.5, 0.6) is 5.75 Å². The van der Waals surface area contributed by atoms with Gasteiger partial charge in [-0.3, -0.25) is 0 Å². The van der Waals surface area contributed by atoms with Gasteiger partial charge >= 0.3 is 0 Å². The van der Waals surface area contributed by atoms with Crippen molar-refractivity contribution >= 4 is 33.6 Å². The predicted molar refractivity (Wildman–Crippen MR) is 99.7 cm³/mol. The minimum atomic E-state index is 0.352. The Morgan fingerprint density at radius 1 is 1.21 bits per heavy atom. The van der Waals surface area contributed by atoms with E-state index < -0.39 is 0 Å². The van der Waals surface area contributed by atoms with E-state index in [9.17, 15) is 0 Å². The topological polar surface area (TPSA) is 55.7 Å². The molecular weight excluding hydrogens is 322 g/mol. The maximum absolute atomic E-state index is 5.53. The van der Waals surface area contributed by atoms with E-state index >= 15 is 0 Å². The van der Waals surface area contributed by atoms with E-state index in [0.29, 0.717) is 12.5 Å². The Bertz CT molecular complexity index is 793. The second-order valence-electron chi connectivity index (χ2n) is 5.76. The summed E-state index contributed by atoms with van der Waals surface area (Å²) in [5.41, 5.74) is 3.61. The molecule has 2 heterocycles. The van der Waals surface area contributed by atoms with Gasteiger partial charge in [-0.05, 0) is 32.1 Å². The van der Waals surface area contributed by atoms with E-state index in [2.05, 4.69) is 24.1 Å². The number of anilines is 1. The van der Waals surface area contributed by atoms with Crippen LogP contribution in [0.25, 0.3) is 5.76 Å². The number of allylic oxidation sites excluding steroid dienone is 1. The summed E-state index contributed by atoms with van der Waals surface area (Å²) in [4.78, 5) is 9.49. The zero-order valence-corrected chi connectivity index (χ0v) is 15.1. The fourth-order valence-corrected chi connectivity index (χ4v) is 3.37. The van der Waals surface area contributed by atoms with Crippen LogP contribution in [0.4, 0.5) is 10.8 Å². The van der Waals surface area contributed by atoms with Crippen molar-refractivity contribution in [2.75, 3.05) is 19.5 Å². The predicted octanol–water partition coefficient (Wildman–Crippen LogP) is 4.48. The van der Waals surface area contributed by atoms with Crippen molar-refractivity contribution in [1.29, 1.82) is 0 Å². The molecule has 0 atom stereocenters. The molecular formula is C18H21N3O2S. The molecule has 0 spiro atoms. The molecule has 1 aromatic carbocycles. The first-order valence-corrected chi connectivity index (χ1v) is 8.71. The average molecular weight is 343 g/mol. The van der Waals surface area contributed by atoms with Crippen molar-refractivity contribution in [3.05, 3.63) is 40.9 Å². The monoisotopic (exact) mass is 343 g/mol. The molecule has 3 rings (SSSR count). The van der Waals surface area contributed by atoms with Crippen LogP contribution in [0.2, 0.25) is 0 Å². The summed E-state index contributed by atoms with van der Waals surface area (Å²) in [6.45, 7) is 4.20. The average Bonchev–Trinajstić information content (AvgIpc) is 2.94. The lowest BCUT2D eigenvalue weighted by molar-refractivity contribution is 0.369. The number of hydrogen-bond acceptors (Lipinski definition) is 6. The number of hydrogen-bond donors (Lipinski definition) is 1. The van der Waals surface area contributed by atoms with Gasteiger partial charge in [-0.15, -0.1) is 11.3 Å². The minimum absolute atomic E-state index is 0.352. The molecule has 0 saturated carbocycles. The van der Waals surface area contributed by atoms with Crippen molar-refractivity contribution in [1.82, 2.24) is 4.98 Å². The lowest BCUT2D eigenvalue weighted by Crippen LogP contribution is -2.09. The number of benzene rings is 1. The van der Waals surface area contributed by atoms with Crippen molar-refractivity contribution in [2.24, 2.45) is 4.99 Å². The number of thiazole rings is 1. The molecule has 5 nitrogen and oxygen atoms in total. The first-order valence-electron chi connectivity index (χ1n) is 7.83. The Labute approximate surface area is 146 Å². The Kier molecular flexibility index (Phi) is 4.85. The lowest BCUT2D eigenvalue weighted by atomic mass is 10.1. The van der Waals surface area contributed by atoms with E-state index in [4.69, 9.17) is 14.5 Å². The van der Waals surface area contributed by atoms with Gasteiger partial charge in [0.25, 0.3) is 0 Å².